The van der Waals surface area contributed by atoms with Gasteiger partial charge in [-0.1, -0.05) is 0 Å². The van der Waals surface area contributed by atoms with Crippen molar-refractivity contribution in [2.45, 2.75) is 25.4 Å². The summed E-state index contributed by atoms with van der Waals surface area (Å²) in [4.78, 5) is 22.0. The number of fused-ring (bicyclic) bond motifs is 1. The number of piperazine rings is 1. The molecule has 4 rings (SSSR count). The van der Waals surface area contributed by atoms with Crippen molar-refractivity contribution in [2.24, 2.45) is 0 Å². The highest BCUT2D eigenvalue weighted by Gasteiger charge is 2.32. The van der Waals surface area contributed by atoms with Gasteiger partial charge >= 0.3 is 6.03 Å². The molecule has 112 valence electrons. The topological polar surface area (TPSA) is 52.9 Å². The van der Waals surface area contributed by atoms with E-state index < -0.39 is 0 Å². The van der Waals surface area contributed by atoms with Gasteiger partial charge in [0.2, 0.25) is 0 Å². The lowest BCUT2D eigenvalue weighted by atomic mass is 10.3. The number of rotatable bonds is 3. The maximum Gasteiger partial charge on any atom is 0.317 e. The van der Waals surface area contributed by atoms with E-state index in [9.17, 15) is 4.79 Å². The van der Waals surface area contributed by atoms with Gasteiger partial charge in [0.15, 0.2) is 4.96 Å². The minimum absolute atomic E-state index is 0.0294. The van der Waals surface area contributed by atoms with E-state index in [1.54, 1.807) is 11.3 Å². The lowest BCUT2D eigenvalue weighted by molar-refractivity contribution is 0.134. The number of carbonyl (C=O) groups is 1. The van der Waals surface area contributed by atoms with Crippen molar-refractivity contribution in [1.29, 1.82) is 0 Å². The van der Waals surface area contributed by atoms with Crippen LogP contribution >= 0.6 is 11.3 Å². The van der Waals surface area contributed by atoms with Gasteiger partial charge in [0.05, 0.1) is 12.2 Å². The average molecular weight is 305 g/mol. The quantitative estimate of drug-likeness (QED) is 0.932. The molecule has 2 aromatic heterocycles. The third-order valence-corrected chi connectivity index (χ3v) is 5.00. The molecule has 0 unspecified atom stereocenters. The lowest BCUT2D eigenvalue weighted by Crippen LogP contribution is -2.52. The summed E-state index contributed by atoms with van der Waals surface area (Å²) in [7, 11) is 0. The van der Waals surface area contributed by atoms with Gasteiger partial charge in [-0.05, 0) is 12.8 Å². The summed E-state index contributed by atoms with van der Waals surface area (Å²) in [6.07, 6.45) is 6.62. The second kappa shape index (κ2) is 5.31. The van der Waals surface area contributed by atoms with Crippen molar-refractivity contribution in [3.8, 4) is 0 Å². The van der Waals surface area contributed by atoms with E-state index in [-0.39, 0.29) is 6.03 Å². The van der Waals surface area contributed by atoms with Crippen molar-refractivity contribution in [3.05, 3.63) is 23.5 Å². The van der Waals surface area contributed by atoms with Crippen LogP contribution in [-0.2, 0) is 6.54 Å². The first-order valence-electron chi connectivity index (χ1n) is 7.47. The summed E-state index contributed by atoms with van der Waals surface area (Å²) >= 11 is 1.60. The largest absolute Gasteiger partial charge is 0.332 e. The second-order valence-electron chi connectivity index (χ2n) is 5.74. The minimum atomic E-state index is 0.0294. The molecule has 0 atom stereocenters. The predicted octanol–water partition coefficient (Wildman–Crippen LogP) is 1.39. The zero-order valence-corrected chi connectivity index (χ0v) is 12.7. The summed E-state index contributed by atoms with van der Waals surface area (Å²) in [5.41, 5.74) is 0.909. The van der Waals surface area contributed by atoms with E-state index in [0.29, 0.717) is 6.54 Å². The molecule has 2 fully saturated rings. The van der Waals surface area contributed by atoms with E-state index in [2.05, 4.69) is 15.2 Å². The van der Waals surface area contributed by atoms with Gasteiger partial charge in [0.1, 0.15) is 0 Å². The van der Waals surface area contributed by atoms with Crippen LogP contribution in [-0.4, -0.2) is 57.4 Å². The smallest absolute Gasteiger partial charge is 0.317 e. The van der Waals surface area contributed by atoms with Crippen molar-refractivity contribution < 1.29 is 4.79 Å². The van der Waals surface area contributed by atoms with Gasteiger partial charge in [-0.15, -0.1) is 11.3 Å². The monoisotopic (exact) mass is 305 g/mol. The number of hydrogen-bond acceptors (Lipinski definition) is 4. The summed E-state index contributed by atoms with van der Waals surface area (Å²) in [6.45, 7) is 4.19. The van der Waals surface area contributed by atoms with Crippen molar-refractivity contribution >= 4 is 22.3 Å². The summed E-state index contributed by atoms with van der Waals surface area (Å²) < 4.78 is 1.99. The molecule has 0 spiro atoms. The van der Waals surface area contributed by atoms with Gasteiger partial charge in [-0.2, -0.15) is 0 Å². The molecule has 1 aliphatic heterocycles. The van der Waals surface area contributed by atoms with E-state index in [0.717, 1.165) is 42.9 Å². The first-order chi connectivity index (χ1) is 10.3. The van der Waals surface area contributed by atoms with E-state index in [4.69, 9.17) is 0 Å². The molecule has 0 bridgehead atoms. The molecule has 3 heterocycles. The number of aromatic nitrogens is 2. The molecule has 1 saturated heterocycles. The van der Waals surface area contributed by atoms with Crippen LogP contribution < -0.4 is 5.32 Å². The Balaban J connectivity index is 1.28. The zero-order chi connectivity index (χ0) is 14.2. The number of nitrogens with zero attached hydrogens (tertiary/aromatic N) is 4. The average Bonchev–Trinajstić information content (AvgIpc) is 3.14. The lowest BCUT2D eigenvalue weighted by Gasteiger charge is -2.34. The number of imidazole rings is 1. The number of hydrogen-bond donors (Lipinski definition) is 1. The Morgan fingerprint density at radius 2 is 2.14 bits per heavy atom. The van der Waals surface area contributed by atoms with Gasteiger partial charge in [-0.3, -0.25) is 9.30 Å². The molecular formula is C14H19N5OS. The first kappa shape index (κ1) is 13.1. The van der Waals surface area contributed by atoms with Gasteiger partial charge in [0.25, 0.3) is 0 Å². The molecule has 1 aliphatic carbocycles. The fourth-order valence-electron chi connectivity index (χ4n) is 2.87. The molecule has 2 aromatic rings. The van der Waals surface area contributed by atoms with Crippen molar-refractivity contribution in [3.63, 3.8) is 0 Å². The van der Waals surface area contributed by atoms with E-state index in [1.165, 1.54) is 12.8 Å². The summed E-state index contributed by atoms with van der Waals surface area (Å²) in [5.74, 6) is 0. The van der Waals surface area contributed by atoms with Crippen LogP contribution in [0, 0.1) is 0 Å². The maximum absolute atomic E-state index is 12.2. The van der Waals surface area contributed by atoms with Crippen LogP contribution in [0.1, 0.15) is 18.5 Å². The highest BCUT2D eigenvalue weighted by atomic mass is 32.1. The Bertz CT molecular complexity index is 610. The number of urea groups is 1. The fourth-order valence-corrected chi connectivity index (χ4v) is 3.59. The van der Waals surface area contributed by atoms with Crippen molar-refractivity contribution in [2.75, 3.05) is 26.2 Å². The van der Waals surface area contributed by atoms with Gasteiger partial charge in [0, 0.05) is 50.0 Å². The molecular weight excluding hydrogens is 286 g/mol. The first-order valence-corrected chi connectivity index (χ1v) is 8.35. The molecule has 0 radical (unpaired) electrons. The Labute approximate surface area is 127 Å². The highest BCUT2D eigenvalue weighted by molar-refractivity contribution is 7.15. The van der Waals surface area contributed by atoms with E-state index in [1.807, 2.05) is 27.1 Å². The molecule has 7 heteroatoms. The minimum Gasteiger partial charge on any atom is -0.332 e. The van der Waals surface area contributed by atoms with Crippen LogP contribution in [0.5, 0.6) is 0 Å². The molecule has 2 aliphatic rings. The van der Waals surface area contributed by atoms with E-state index >= 15 is 0 Å². The van der Waals surface area contributed by atoms with Crippen LogP contribution in [0.3, 0.4) is 0 Å². The SMILES string of the molecule is O=C(NCc1cn2ccsc2n1)N1CCN(C2CC2)CC1. The third kappa shape index (κ3) is 2.75. The second-order valence-corrected chi connectivity index (χ2v) is 6.61. The summed E-state index contributed by atoms with van der Waals surface area (Å²) in [5, 5.41) is 4.98. The fraction of sp³-hybridized carbons (Fsp3) is 0.571. The van der Waals surface area contributed by atoms with Gasteiger partial charge in [-0.25, -0.2) is 9.78 Å². The molecule has 0 aromatic carbocycles. The highest BCUT2D eigenvalue weighted by Crippen LogP contribution is 2.27. The van der Waals surface area contributed by atoms with Crippen LogP contribution in [0.25, 0.3) is 4.96 Å². The molecule has 6 nitrogen and oxygen atoms in total. The van der Waals surface area contributed by atoms with Crippen LogP contribution in [0.15, 0.2) is 17.8 Å². The van der Waals surface area contributed by atoms with Crippen molar-refractivity contribution in [1.82, 2.24) is 24.5 Å². The Hall–Kier alpha value is -1.60. The zero-order valence-electron chi connectivity index (χ0n) is 11.9. The van der Waals surface area contributed by atoms with Crippen LogP contribution in [0.2, 0.25) is 0 Å². The van der Waals surface area contributed by atoms with Gasteiger partial charge < -0.3 is 10.2 Å². The number of thiazole rings is 1. The van der Waals surface area contributed by atoms with Crippen LogP contribution in [0.4, 0.5) is 4.79 Å². The third-order valence-electron chi connectivity index (χ3n) is 4.23. The Morgan fingerprint density at radius 3 is 2.86 bits per heavy atom. The molecule has 1 saturated carbocycles. The molecule has 1 N–H and O–H groups in total. The normalized spacial score (nSPS) is 20.1. The summed E-state index contributed by atoms with van der Waals surface area (Å²) in [6, 6.07) is 0.829. The number of amides is 2. The maximum atomic E-state index is 12.2. The predicted molar refractivity (Wildman–Crippen MR) is 81.5 cm³/mol. The Kier molecular flexibility index (Phi) is 3.31. The molecule has 2 amide bonds. The Morgan fingerprint density at radius 1 is 1.33 bits per heavy atom. The standard InChI is InChI=1S/C14H19N5OS/c20-13(18-5-3-17(4-6-18)12-1-2-12)15-9-11-10-19-7-8-21-14(19)16-11/h7-8,10,12H,1-6,9H2,(H,15,20). The number of carbonyl (C=O) groups excluding carboxylic acids is 1. The number of nitrogens with one attached hydrogen (secondary N) is 1. The molecule has 21 heavy (non-hydrogen) atoms.